The molecule has 0 saturated carbocycles. The Morgan fingerprint density at radius 2 is 1.97 bits per heavy atom. The second kappa shape index (κ2) is 8.31. The van der Waals surface area contributed by atoms with E-state index in [0.29, 0.717) is 5.56 Å². The fourth-order valence-electron chi connectivity index (χ4n) is 4.52. The van der Waals surface area contributed by atoms with Crippen LogP contribution in [0.15, 0.2) is 30.3 Å². The van der Waals surface area contributed by atoms with Crippen LogP contribution >= 0.6 is 12.4 Å². The number of nitrogens with one attached hydrogen (secondary N) is 1. The molecule has 0 aliphatic carbocycles. The second-order valence-corrected chi connectivity index (χ2v) is 8.13. The topological polar surface area (TPSA) is 54.5 Å². The molecule has 1 aromatic heterocycles. The van der Waals surface area contributed by atoms with E-state index in [4.69, 9.17) is 4.74 Å². The van der Waals surface area contributed by atoms with Gasteiger partial charge in [0.25, 0.3) is 0 Å². The van der Waals surface area contributed by atoms with Gasteiger partial charge in [0.1, 0.15) is 11.3 Å². The summed E-state index contributed by atoms with van der Waals surface area (Å²) in [4.78, 5) is 19.0. The van der Waals surface area contributed by atoms with Gasteiger partial charge in [-0.05, 0) is 56.0 Å². The predicted molar refractivity (Wildman–Crippen MR) is 113 cm³/mol. The number of carbonyl (C=O) groups is 1. The number of carbonyl (C=O) groups excluding carboxylic acids is 1. The molecule has 2 aliphatic rings. The first-order valence-electron chi connectivity index (χ1n) is 9.90. The predicted octanol–water partition coefficient (Wildman–Crippen LogP) is 4.53. The van der Waals surface area contributed by atoms with Crippen molar-refractivity contribution in [2.24, 2.45) is 0 Å². The van der Waals surface area contributed by atoms with Crippen molar-refractivity contribution in [3.63, 3.8) is 0 Å². The number of aryl methyl sites for hydroxylation is 1. The number of amides is 1. The van der Waals surface area contributed by atoms with E-state index in [1.807, 2.05) is 26.1 Å². The Hall–Kier alpha value is -2.32. The number of likely N-dealkylation sites (tertiary alicyclic amines) is 1. The summed E-state index contributed by atoms with van der Waals surface area (Å²) in [5.41, 5.74) is 1.56. The zero-order chi connectivity index (χ0) is 21.7. The van der Waals surface area contributed by atoms with Crippen LogP contribution in [-0.4, -0.2) is 42.0 Å². The molecule has 168 valence electrons. The fourth-order valence-corrected chi connectivity index (χ4v) is 4.52. The van der Waals surface area contributed by atoms with Crippen molar-refractivity contribution in [1.29, 1.82) is 0 Å². The third-order valence-electron chi connectivity index (χ3n) is 6.11. The van der Waals surface area contributed by atoms with Gasteiger partial charge in [-0.25, -0.2) is 0 Å². The first kappa shape index (κ1) is 23.3. The summed E-state index contributed by atoms with van der Waals surface area (Å²) >= 11 is 0. The Morgan fingerprint density at radius 3 is 2.58 bits per heavy atom. The summed E-state index contributed by atoms with van der Waals surface area (Å²) in [7, 11) is 3.17. The zero-order valence-electron chi connectivity index (χ0n) is 17.5. The minimum Gasteiger partial charge on any atom is -0.496 e. The number of aromatic nitrogens is 1. The van der Waals surface area contributed by atoms with Gasteiger partial charge in [0.05, 0.1) is 24.4 Å². The molecule has 2 saturated heterocycles. The van der Waals surface area contributed by atoms with Crippen molar-refractivity contribution in [2.45, 2.75) is 43.9 Å². The summed E-state index contributed by atoms with van der Waals surface area (Å²) in [5.74, 6) is 0.270. The lowest BCUT2D eigenvalue weighted by Gasteiger charge is -2.23. The molecule has 5 nitrogen and oxygen atoms in total. The van der Waals surface area contributed by atoms with E-state index < -0.39 is 17.3 Å². The van der Waals surface area contributed by atoms with Crippen LogP contribution in [0.4, 0.5) is 13.2 Å². The monoisotopic (exact) mass is 455 g/mol. The molecule has 9 heteroatoms. The van der Waals surface area contributed by atoms with Gasteiger partial charge in [-0.1, -0.05) is 6.07 Å². The van der Waals surface area contributed by atoms with Crippen LogP contribution in [0.25, 0.3) is 11.1 Å². The number of halogens is 4. The first-order chi connectivity index (χ1) is 14.1. The van der Waals surface area contributed by atoms with E-state index in [1.54, 1.807) is 4.90 Å². The van der Waals surface area contributed by atoms with Gasteiger partial charge in [-0.3, -0.25) is 15.1 Å². The number of rotatable bonds is 3. The average Bonchev–Trinajstić information content (AvgIpc) is 3.26. The summed E-state index contributed by atoms with van der Waals surface area (Å²) in [5, 5.41) is 3.49. The summed E-state index contributed by atoms with van der Waals surface area (Å²) in [6, 6.07) is 7.12. The van der Waals surface area contributed by atoms with Crippen molar-refractivity contribution < 1.29 is 22.7 Å². The number of hydrogen-bond donors (Lipinski definition) is 1. The Morgan fingerprint density at radius 1 is 1.23 bits per heavy atom. The van der Waals surface area contributed by atoms with E-state index in [9.17, 15) is 18.0 Å². The number of nitrogens with zero attached hydrogens (tertiary/aromatic N) is 2. The average molecular weight is 456 g/mol. The Labute approximate surface area is 185 Å². The van der Waals surface area contributed by atoms with Crippen molar-refractivity contribution >= 4 is 18.3 Å². The van der Waals surface area contributed by atoms with Gasteiger partial charge in [-0.2, -0.15) is 13.2 Å². The highest BCUT2D eigenvalue weighted by atomic mass is 35.5. The lowest BCUT2D eigenvalue weighted by molar-refractivity contribution is -0.137. The number of alkyl halides is 3. The number of benzene rings is 1. The molecule has 0 unspecified atom stereocenters. The van der Waals surface area contributed by atoms with Crippen molar-refractivity contribution in [2.75, 3.05) is 20.7 Å². The van der Waals surface area contributed by atoms with Crippen molar-refractivity contribution in [3.8, 4) is 16.9 Å². The minimum atomic E-state index is -4.44. The molecule has 3 heterocycles. The standard InChI is InChI=1S/C22H24F3N3O2.ClH/c1-13-10-14(16-5-4-15(22(23,24)25)12-19(16)30-3)11-18(26-13)17-6-7-21(27-17)8-9-28(2)20(21)29;/h4-5,10-12,17,27H,6-9H2,1-3H3;1H/t17-,21-;/m0./s1. The molecule has 31 heavy (non-hydrogen) atoms. The molecular formula is C22H25ClF3N3O2. The van der Waals surface area contributed by atoms with Gasteiger partial charge >= 0.3 is 6.18 Å². The minimum absolute atomic E-state index is 0. The first-order valence-corrected chi connectivity index (χ1v) is 9.90. The van der Waals surface area contributed by atoms with Crippen molar-refractivity contribution in [3.05, 3.63) is 47.3 Å². The summed E-state index contributed by atoms with van der Waals surface area (Å²) < 4.78 is 44.5. The van der Waals surface area contributed by atoms with Crippen LogP contribution in [-0.2, 0) is 11.0 Å². The molecule has 1 N–H and O–H groups in total. The molecule has 0 radical (unpaired) electrons. The zero-order valence-corrected chi connectivity index (χ0v) is 18.4. The second-order valence-electron chi connectivity index (χ2n) is 8.13. The fraction of sp³-hybridized carbons (Fsp3) is 0.455. The SMILES string of the molecule is COc1cc(C(F)(F)F)ccc1-c1cc(C)nc([C@@H]2CC[C@@]3(CCN(C)C3=O)N2)c1.Cl. The van der Waals surface area contributed by atoms with Crippen LogP contribution in [0, 0.1) is 6.92 Å². The third-order valence-corrected chi connectivity index (χ3v) is 6.11. The van der Waals surface area contributed by atoms with Crippen LogP contribution in [0.3, 0.4) is 0 Å². The molecule has 1 aromatic carbocycles. The molecule has 1 amide bonds. The number of ether oxygens (including phenoxy) is 1. The summed E-state index contributed by atoms with van der Waals surface area (Å²) in [6.07, 6.45) is -2.15. The van der Waals surface area contributed by atoms with Gasteiger partial charge in [-0.15, -0.1) is 12.4 Å². The Kier molecular flexibility index (Phi) is 6.26. The molecule has 2 aromatic rings. The maximum atomic E-state index is 13.1. The van der Waals surface area contributed by atoms with Crippen molar-refractivity contribution in [1.82, 2.24) is 15.2 Å². The normalized spacial score (nSPS) is 23.4. The summed E-state index contributed by atoms with van der Waals surface area (Å²) in [6.45, 7) is 2.58. The molecule has 2 fully saturated rings. The van der Waals surface area contributed by atoms with Crippen LogP contribution in [0.2, 0.25) is 0 Å². The number of likely N-dealkylation sites (N-methyl/N-ethyl adjacent to an activating group) is 1. The highest BCUT2D eigenvalue weighted by molar-refractivity contribution is 5.88. The van der Waals surface area contributed by atoms with Crippen LogP contribution in [0.1, 0.15) is 42.3 Å². The van der Waals surface area contributed by atoms with E-state index in [0.717, 1.165) is 54.9 Å². The van der Waals surface area contributed by atoms with Gasteiger partial charge in [0, 0.05) is 24.8 Å². The maximum Gasteiger partial charge on any atom is 0.416 e. The molecule has 2 aliphatic heterocycles. The number of hydrogen-bond acceptors (Lipinski definition) is 4. The largest absolute Gasteiger partial charge is 0.496 e. The molecular weight excluding hydrogens is 431 g/mol. The number of methoxy groups -OCH3 is 1. The highest BCUT2D eigenvalue weighted by Gasteiger charge is 2.50. The Balaban J connectivity index is 0.00000272. The highest BCUT2D eigenvalue weighted by Crippen LogP contribution is 2.41. The lowest BCUT2D eigenvalue weighted by atomic mass is 9.96. The van der Waals surface area contributed by atoms with Gasteiger partial charge in [0.15, 0.2) is 0 Å². The van der Waals surface area contributed by atoms with E-state index in [1.165, 1.54) is 13.2 Å². The quantitative estimate of drug-likeness (QED) is 0.738. The molecule has 1 spiro atoms. The smallest absolute Gasteiger partial charge is 0.416 e. The number of pyridine rings is 1. The molecule has 2 atom stereocenters. The van der Waals surface area contributed by atoms with Crippen LogP contribution < -0.4 is 10.1 Å². The Bertz CT molecular complexity index is 998. The van der Waals surface area contributed by atoms with Gasteiger partial charge in [0.2, 0.25) is 5.91 Å². The van der Waals surface area contributed by atoms with Crippen LogP contribution in [0.5, 0.6) is 5.75 Å². The maximum absolute atomic E-state index is 13.1. The molecule has 4 rings (SSSR count). The van der Waals surface area contributed by atoms with E-state index in [-0.39, 0.29) is 30.1 Å². The molecule has 0 bridgehead atoms. The lowest BCUT2D eigenvalue weighted by Crippen LogP contribution is -2.47. The third kappa shape index (κ3) is 4.23. The van der Waals surface area contributed by atoms with Gasteiger partial charge < -0.3 is 9.64 Å². The van der Waals surface area contributed by atoms with E-state index in [2.05, 4.69) is 10.3 Å². The van der Waals surface area contributed by atoms with E-state index >= 15 is 0 Å².